The van der Waals surface area contributed by atoms with E-state index in [9.17, 15) is 8.78 Å². The lowest BCUT2D eigenvalue weighted by Gasteiger charge is -2.18. The van der Waals surface area contributed by atoms with Crippen molar-refractivity contribution in [3.8, 4) is 17.2 Å². The SMILES string of the molecule is OCCC(F)(F)c1c(O)cc(O)cc1O. The molecule has 0 aromatic heterocycles. The van der Waals surface area contributed by atoms with Gasteiger partial charge < -0.3 is 20.4 Å². The number of aromatic hydroxyl groups is 3. The maximum absolute atomic E-state index is 13.2. The Balaban J connectivity index is 3.24. The van der Waals surface area contributed by atoms with E-state index >= 15 is 0 Å². The van der Waals surface area contributed by atoms with Crippen LogP contribution in [-0.4, -0.2) is 27.0 Å². The van der Waals surface area contributed by atoms with Crippen LogP contribution in [0.2, 0.25) is 0 Å². The first kappa shape index (κ1) is 11.5. The van der Waals surface area contributed by atoms with Crippen LogP contribution in [0.1, 0.15) is 12.0 Å². The topological polar surface area (TPSA) is 80.9 Å². The van der Waals surface area contributed by atoms with Gasteiger partial charge in [0.15, 0.2) is 0 Å². The minimum atomic E-state index is -3.55. The number of phenolic OH excluding ortho intramolecular Hbond substituents is 3. The Hall–Kier alpha value is -1.56. The van der Waals surface area contributed by atoms with Crippen LogP contribution >= 0.6 is 0 Å². The van der Waals surface area contributed by atoms with Gasteiger partial charge in [-0.1, -0.05) is 0 Å². The molecule has 0 amide bonds. The van der Waals surface area contributed by atoms with Crippen molar-refractivity contribution in [1.29, 1.82) is 0 Å². The molecule has 4 N–H and O–H groups in total. The predicted octanol–water partition coefficient (Wildman–Crippen LogP) is 1.28. The van der Waals surface area contributed by atoms with Crippen LogP contribution in [0.3, 0.4) is 0 Å². The highest BCUT2D eigenvalue weighted by molar-refractivity contribution is 5.50. The lowest BCUT2D eigenvalue weighted by atomic mass is 10.0. The largest absolute Gasteiger partial charge is 0.508 e. The van der Waals surface area contributed by atoms with E-state index in [0.717, 1.165) is 0 Å². The molecule has 1 aromatic carbocycles. The lowest BCUT2D eigenvalue weighted by molar-refractivity contribution is -0.0305. The zero-order valence-electron chi connectivity index (χ0n) is 7.61. The molecule has 15 heavy (non-hydrogen) atoms. The van der Waals surface area contributed by atoms with Crippen LogP contribution in [0.4, 0.5) is 8.78 Å². The number of phenols is 3. The average molecular weight is 220 g/mol. The second-order valence-corrected chi connectivity index (χ2v) is 3.04. The van der Waals surface area contributed by atoms with Crippen LogP contribution < -0.4 is 0 Å². The molecule has 0 saturated carbocycles. The van der Waals surface area contributed by atoms with Crippen molar-refractivity contribution in [2.45, 2.75) is 12.3 Å². The summed E-state index contributed by atoms with van der Waals surface area (Å²) in [6.07, 6.45) is -0.918. The minimum Gasteiger partial charge on any atom is -0.508 e. The predicted molar refractivity (Wildman–Crippen MR) is 47.0 cm³/mol. The molecular weight excluding hydrogens is 210 g/mol. The van der Waals surface area contributed by atoms with Crippen molar-refractivity contribution >= 4 is 0 Å². The molecule has 0 atom stereocenters. The molecule has 0 aliphatic heterocycles. The van der Waals surface area contributed by atoms with Crippen LogP contribution in [0.5, 0.6) is 17.2 Å². The zero-order chi connectivity index (χ0) is 11.6. The average Bonchev–Trinajstić information content (AvgIpc) is 1.99. The van der Waals surface area contributed by atoms with E-state index < -0.39 is 41.8 Å². The summed E-state index contributed by atoms with van der Waals surface area (Å²) >= 11 is 0. The monoisotopic (exact) mass is 220 g/mol. The van der Waals surface area contributed by atoms with Gasteiger partial charge in [-0.15, -0.1) is 0 Å². The lowest BCUT2D eigenvalue weighted by Crippen LogP contribution is -2.15. The highest BCUT2D eigenvalue weighted by atomic mass is 19.3. The molecule has 0 bridgehead atoms. The van der Waals surface area contributed by atoms with Crippen LogP contribution in [0, 0.1) is 0 Å². The van der Waals surface area contributed by atoms with E-state index in [2.05, 4.69) is 0 Å². The Morgan fingerprint density at radius 2 is 1.53 bits per heavy atom. The molecule has 6 heteroatoms. The van der Waals surface area contributed by atoms with Gasteiger partial charge in [0.2, 0.25) is 0 Å². The Morgan fingerprint density at radius 3 is 1.93 bits per heavy atom. The molecule has 84 valence electrons. The Kier molecular flexibility index (Phi) is 2.99. The summed E-state index contributed by atoms with van der Waals surface area (Å²) in [6.45, 7) is -0.785. The Bertz CT molecular complexity index is 342. The molecule has 0 aliphatic rings. The maximum Gasteiger partial charge on any atom is 0.282 e. The standard InChI is InChI=1S/C9H10F2O4/c10-9(11,1-2-12)8-6(14)3-5(13)4-7(8)15/h3-4,12-15H,1-2H2. The molecule has 0 aliphatic carbocycles. The number of hydrogen-bond donors (Lipinski definition) is 4. The van der Waals surface area contributed by atoms with E-state index in [1.54, 1.807) is 0 Å². The van der Waals surface area contributed by atoms with Gasteiger partial charge in [-0.3, -0.25) is 0 Å². The first-order valence-electron chi connectivity index (χ1n) is 4.12. The first-order chi connectivity index (χ1) is 6.88. The molecule has 0 radical (unpaired) electrons. The molecule has 4 nitrogen and oxygen atoms in total. The van der Waals surface area contributed by atoms with Gasteiger partial charge in [0.25, 0.3) is 5.92 Å². The van der Waals surface area contributed by atoms with Crippen molar-refractivity contribution in [2.75, 3.05) is 6.61 Å². The zero-order valence-corrected chi connectivity index (χ0v) is 7.61. The van der Waals surface area contributed by atoms with Gasteiger partial charge in [-0.05, 0) is 0 Å². The van der Waals surface area contributed by atoms with Gasteiger partial charge >= 0.3 is 0 Å². The van der Waals surface area contributed by atoms with Crippen molar-refractivity contribution < 1.29 is 29.2 Å². The third-order valence-corrected chi connectivity index (χ3v) is 1.87. The van der Waals surface area contributed by atoms with E-state index in [-0.39, 0.29) is 0 Å². The number of hydrogen-bond acceptors (Lipinski definition) is 4. The number of alkyl halides is 2. The third-order valence-electron chi connectivity index (χ3n) is 1.87. The summed E-state index contributed by atoms with van der Waals surface area (Å²) in [5.74, 6) is -5.89. The smallest absolute Gasteiger partial charge is 0.282 e. The van der Waals surface area contributed by atoms with Gasteiger partial charge in [0, 0.05) is 25.2 Å². The summed E-state index contributed by atoms with van der Waals surface area (Å²) in [6, 6.07) is 1.39. The number of rotatable bonds is 3. The van der Waals surface area contributed by atoms with Gasteiger partial charge in [-0.25, -0.2) is 8.78 Å². The summed E-state index contributed by atoms with van der Waals surface area (Å²) in [5, 5.41) is 35.6. The molecule has 0 fully saturated rings. The second kappa shape index (κ2) is 3.90. The summed E-state index contributed by atoms with van der Waals surface area (Å²) in [5.41, 5.74) is -0.991. The Morgan fingerprint density at radius 1 is 1.07 bits per heavy atom. The third kappa shape index (κ3) is 2.27. The molecule has 0 heterocycles. The van der Waals surface area contributed by atoms with Crippen molar-refractivity contribution in [3.63, 3.8) is 0 Å². The second-order valence-electron chi connectivity index (χ2n) is 3.04. The van der Waals surface area contributed by atoms with E-state index in [1.807, 2.05) is 0 Å². The van der Waals surface area contributed by atoms with Gasteiger partial charge in [-0.2, -0.15) is 0 Å². The van der Waals surface area contributed by atoms with E-state index in [0.29, 0.717) is 12.1 Å². The normalized spacial score (nSPS) is 11.7. The number of benzene rings is 1. The summed E-state index contributed by atoms with van der Waals surface area (Å²) in [7, 11) is 0. The number of aliphatic hydroxyl groups is 1. The van der Waals surface area contributed by atoms with E-state index in [4.69, 9.17) is 20.4 Å². The van der Waals surface area contributed by atoms with Crippen LogP contribution in [0.25, 0.3) is 0 Å². The molecular formula is C9H10F2O4. The fraction of sp³-hybridized carbons (Fsp3) is 0.333. The van der Waals surface area contributed by atoms with Crippen molar-refractivity contribution in [3.05, 3.63) is 17.7 Å². The van der Waals surface area contributed by atoms with Crippen LogP contribution in [0.15, 0.2) is 12.1 Å². The maximum atomic E-state index is 13.2. The summed E-state index contributed by atoms with van der Waals surface area (Å²) in [4.78, 5) is 0. The Labute approximate surface area is 84.0 Å². The van der Waals surface area contributed by atoms with Crippen molar-refractivity contribution in [1.82, 2.24) is 0 Å². The van der Waals surface area contributed by atoms with Gasteiger partial charge in [0.05, 0.1) is 0 Å². The molecule has 0 unspecified atom stereocenters. The number of halogens is 2. The molecule has 0 saturated heterocycles. The van der Waals surface area contributed by atoms with Gasteiger partial charge in [0.1, 0.15) is 22.8 Å². The van der Waals surface area contributed by atoms with Crippen molar-refractivity contribution in [2.24, 2.45) is 0 Å². The number of aliphatic hydroxyl groups excluding tert-OH is 1. The summed E-state index contributed by atoms with van der Waals surface area (Å²) < 4.78 is 26.5. The highest BCUT2D eigenvalue weighted by Crippen LogP contribution is 2.44. The highest BCUT2D eigenvalue weighted by Gasteiger charge is 2.37. The molecule has 1 aromatic rings. The molecule has 0 spiro atoms. The quantitative estimate of drug-likeness (QED) is 0.618. The van der Waals surface area contributed by atoms with E-state index in [1.165, 1.54) is 0 Å². The minimum absolute atomic E-state index is 0.520. The van der Waals surface area contributed by atoms with Crippen LogP contribution in [-0.2, 0) is 5.92 Å². The molecule has 1 rings (SSSR count). The first-order valence-corrected chi connectivity index (χ1v) is 4.12. The fourth-order valence-electron chi connectivity index (χ4n) is 1.24. The fourth-order valence-corrected chi connectivity index (χ4v) is 1.24.